The van der Waals surface area contributed by atoms with E-state index in [1.54, 1.807) is 207 Å². The van der Waals surface area contributed by atoms with E-state index < -0.39 is 83.0 Å². The monoisotopic (exact) mass is 1970 g/mol. The number of ether oxygens (including phenoxy) is 14. The Bertz CT molecular complexity index is 3540. The molecule has 0 aliphatic heterocycles. The number of unbranched alkanes of at least 4 members (excludes halogenated alkanes) is 7. The lowest BCUT2D eigenvalue weighted by atomic mass is 10.2. The van der Waals surface area contributed by atoms with E-state index in [-0.39, 0.29) is 78.3 Å². The normalized spacial score (nSPS) is 10.4. The minimum atomic E-state index is -1.06. The number of rotatable bonds is 28. The highest BCUT2D eigenvalue weighted by Gasteiger charge is 2.25. The van der Waals surface area contributed by atoms with Gasteiger partial charge in [0.05, 0.1) is 52.1 Å². The van der Waals surface area contributed by atoms with Gasteiger partial charge in [0.15, 0.2) is 11.1 Å². The molecule has 0 fully saturated rings. The van der Waals surface area contributed by atoms with Crippen LogP contribution >= 0.6 is 23.4 Å². The molecule has 0 aromatic heterocycles. The van der Waals surface area contributed by atoms with Crippen molar-refractivity contribution in [3.8, 4) is 11.5 Å². The van der Waals surface area contributed by atoms with Crippen LogP contribution in [0.3, 0.4) is 0 Å². The van der Waals surface area contributed by atoms with Gasteiger partial charge in [-0.05, 0) is 286 Å². The van der Waals surface area contributed by atoms with E-state index in [2.05, 4.69) is 72.1 Å². The molecule has 0 radical (unpaired) electrons. The minimum absolute atomic E-state index is 0.0388. The van der Waals surface area contributed by atoms with Crippen LogP contribution in [0.5, 0.6) is 11.5 Å². The molecule has 135 heavy (non-hydrogen) atoms. The molecule has 2 aromatic carbocycles. The number of alkyl carbamates (subject to hydrolysis) is 5. The maximum Gasteiger partial charge on any atom is 0.519 e. The standard InChI is InChI=1S/C17H31N3O6.C12H23N3O4.C10H18N2O4.C10H18O5.C9H10O3.C8H17NO2.C7H14N2O2.C6H6O.C4H12N2.C2H3ClO.C2H6N2S.C2H6O/c1-6-24-13(21)11-9-8-10-12-18-14(19-15(22)25-7-2)20-16(23)26-17(3,4)5;1-3-18-10(16)8-6-5-7-9-14-11(13)15-12(17)19-4-2;1-6-15-8(13)11-7(2)12-9(14)16-10(3,4)5;1-9(2,3)14-7(11)13-8(12)15-10(4,5)6;1-2-11-9(10)12-8-6-4-3-5-7-8;1-2-11-8(10)6-4-3-5-7-9;1-5(8)9-6(10)11-7(2,3)4;7-6-4-2-1-3-5-6;5-3-1-2-4-6;1-2(3)4;1-5-2(3)4;1-2-3/h6-12H2,1-5H3,(H2,18,19,20,22,23);3-9H2,1-2H3,(H3,13,14,15,17);6H2,1-5H3,(H,11,12,13,14);1-6H3;3-7H,2H2,1H3;2-7,9H2,1H3;1-4H3,(H2,8,9,10);1-5,7H;1-6H2;1H3;1H3,(H3,3,4);3H,2H2,1H3. The Hall–Kier alpha value is -11.4. The van der Waals surface area contributed by atoms with E-state index in [0.717, 1.165) is 70.9 Å². The van der Waals surface area contributed by atoms with Crippen LogP contribution in [-0.4, -0.2) is 237 Å². The van der Waals surface area contributed by atoms with Crippen LogP contribution in [0.15, 0.2) is 75.6 Å². The Morgan fingerprint density at radius 1 is 0.407 bits per heavy atom. The number of hydrogen-bond acceptors (Lipinski definition) is 37. The quantitative estimate of drug-likeness (QED) is 0.00550. The zero-order valence-electron chi connectivity index (χ0n) is 84.8. The predicted molar refractivity (Wildman–Crippen MR) is 523 cm³/mol. The number of carbonyl (C=O) groups excluding carboxylic acids is 13. The fourth-order valence-corrected chi connectivity index (χ4v) is 7.17. The topological polar surface area (TPSA) is 667 Å². The number of guanidine groups is 2. The largest absolute Gasteiger partial charge is 0.519 e. The number of carbonyl (C=O) groups is 13. The van der Waals surface area contributed by atoms with Gasteiger partial charge < -0.3 is 105 Å². The molecule has 782 valence electrons. The van der Waals surface area contributed by atoms with Gasteiger partial charge in [-0.2, -0.15) is 4.99 Å². The summed E-state index contributed by atoms with van der Waals surface area (Å²) >= 11 is 5.88. The highest BCUT2D eigenvalue weighted by atomic mass is 35.5. The number of phenols is 1. The third kappa shape index (κ3) is 143. The number of benzene rings is 2. The molecule has 0 bridgehead atoms. The van der Waals surface area contributed by atoms with Gasteiger partial charge in [-0.3, -0.25) is 66.6 Å². The number of nitrogens with two attached hydrogens (primary N) is 5. The second-order valence-electron chi connectivity index (χ2n) is 30.8. The molecular formula is C89H164ClN15O29S. The molecule has 46 heteroatoms. The number of amidine groups is 3. The second-order valence-corrected chi connectivity index (χ2v) is 32.2. The van der Waals surface area contributed by atoms with Crippen molar-refractivity contribution in [2.75, 3.05) is 91.8 Å². The average Bonchev–Trinajstić information content (AvgIpc) is 0.919. The Labute approximate surface area is 808 Å². The zero-order valence-corrected chi connectivity index (χ0v) is 86.4. The summed E-state index contributed by atoms with van der Waals surface area (Å²) < 4.78 is 66.5. The molecule has 0 saturated heterocycles. The first-order chi connectivity index (χ1) is 62.7. The number of aliphatic hydroxyl groups is 1. The number of esters is 3. The first kappa shape index (κ1) is 144. The summed E-state index contributed by atoms with van der Waals surface area (Å²) in [7, 11) is 0. The van der Waals surface area contributed by atoms with Crippen molar-refractivity contribution in [3.63, 3.8) is 0 Å². The van der Waals surface area contributed by atoms with Gasteiger partial charge in [0.25, 0.3) is 0 Å². The van der Waals surface area contributed by atoms with Gasteiger partial charge in [0.2, 0.25) is 11.2 Å². The lowest BCUT2D eigenvalue weighted by molar-refractivity contribution is -0.144. The Balaban J connectivity index is -0.000000164. The molecule has 0 aliphatic rings. The number of nitrogens with zero attached hydrogens (tertiary/aromatic N) is 3. The fourth-order valence-electron chi connectivity index (χ4n) is 7.17. The van der Waals surface area contributed by atoms with Crippen molar-refractivity contribution in [2.45, 2.75) is 298 Å². The number of amides is 6. The number of aliphatic imine (C=N–C) groups is 3. The zero-order chi connectivity index (χ0) is 106. The van der Waals surface area contributed by atoms with Crippen LogP contribution in [0.4, 0.5) is 43.2 Å². The molecule has 0 saturated carbocycles. The minimum Gasteiger partial charge on any atom is -0.508 e. The number of aromatic hydroxyl groups is 1. The highest BCUT2D eigenvalue weighted by Crippen LogP contribution is 2.14. The SMILES string of the molecule is CC(=N)NC(=O)OC(C)(C)C.CC(=O)Cl.CC(C)(C)OC(=O)OC(=O)OC(C)(C)C.CCO.CCOC(=O)CCCCCN.CCOC(=O)CCCCCN=C(N)NC(=O)OCC.CCOC(=O)CCCCCN=C(NC(=O)OCC)NC(=O)OC(C)(C)C.CCOC(=O)N=C(C)NC(=O)OC(C)(C)C.CCOC(=O)Oc1ccccc1.CSC(=N)N.NCCCCN.Oc1ccccc1. The van der Waals surface area contributed by atoms with Crippen molar-refractivity contribution in [1.82, 2.24) is 26.6 Å². The number of thioether (sulfide) groups is 1. The molecule has 6 amide bonds. The summed E-state index contributed by atoms with van der Waals surface area (Å²) in [5.74, 6) is 0.559. The number of nitrogens with one attached hydrogen (secondary N) is 7. The fraction of sp³-hybridized carbons (Fsp3) is 0.663. The number of hydrogen-bond donors (Lipinski definition) is 14. The smallest absolute Gasteiger partial charge is 0.508 e. The van der Waals surface area contributed by atoms with Gasteiger partial charge in [-0.25, -0.2) is 43.2 Å². The summed E-state index contributed by atoms with van der Waals surface area (Å²) in [6.07, 6.45) is 5.89. The number of para-hydroxylation sites is 2. The third-order valence-corrected chi connectivity index (χ3v) is 12.4. The lowest BCUT2D eigenvalue weighted by Crippen LogP contribution is -2.46. The van der Waals surface area contributed by atoms with E-state index in [4.69, 9.17) is 97.1 Å². The van der Waals surface area contributed by atoms with Crippen LogP contribution in [-0.2, 0) is 80.8 Å². The van der Waals surface area contributed by atoms with E-state index >= 15 is 0 Å². The Morgan fingerprint density at radius 2 is 0.711 bits per heavy atom. The molecule has 44 nitrogen and oxygen atoms in total. The van der Waals surface area contributed by atoms with Crippen molar-refractivity contribution < 1.29 is 139 Å². The van der Waals surface area contributed by atoms with E-state index in [1.807, 2.05) is 19.1 Å². The summed E-state index contributed by atoms with van der Waals surface area (Å²) in [5, 5.41) is 41.0. The number of halogens is 1. The van der Waals surface area contributed by atoms with E-state index in [0.29, 0.717) is 89.7 Å². The van der Waals surface area contributed by atoms with E-state index in [1.165, 1.54) is 32.5 Å². The number of phenolic OH excluding ortho intramolecular Hbond substituents is 1. The van der Waals surface area contributed by atoms with Crippen LogP contribution < -0.4 is 60.0 Å². The maximum absolute atomic E-state index is 11.8. The van der Waals surface area contributed by atoms with Crippen molar-refractivity contribution in [3.05, 3.63) is 60.7 Å². The van der Waals surface area contributed by atoms with Gasteiger partial charge >= 0.3 is 72.9 Å². The van der Waals surface area contributed by atoms with Gasteiger partial charge in [0.1, 0.15) is 45.3 Å². The summed E-state index contributed by atoms with van der Waals surface area (Å²) in [6.45, 7) is 49.5. The molecule has 2 aromatic rings. The molecule has 19 N–H and O–H groups in total. The molecule has 0 heterocycles. The van der Waals surface area contributed by atoms with Crippen LogP contribution in [0, 0.1) is 10.8 Å². The summed E-state index contributed by atoms with van der Waals surface area (Å²) in [6, 6.07) is 17.5. The molecule has 0 spiro atoms. The van der Waals surface area contributed by atoms with Crippen LogP contribution in [0.1, 0.15) is 270 Å². The van der Waals surface area contributed by atoms with Gasteiger partial charge in [-0.1, -0.05) is 67.4 Å². The van der Waals surface area contributed by atoms with Crippen molar-refractivity contribution in [1.29, 1.82) is 10.8 Å². The second kappa shape index (κ2) is 94.4. The first-order valence-electron chi connectivity index (χ1n) is 43.7. The summed E-state index contributed by atoms with van der Waals surface area (Å²) in [4.78, 5) is 154. The van der Waals surface area contributed by atoms with Gasteiger partial charge in [-0.15, -0.1) is 0 Å². The Kier molecular flexibility index (Phi) is 101. The average molecular weight is 1980 g/mol. The predicted octanol–water partition coefficient (Wildman–Crippen LogP) is 15.8. The van der Waals surface area contributed by atoms with Crippen LogP contribution in [0.2, 0.25) is 0 Å². The molecular weight excluding hydrogens is 1810 g/mol. The number of aliphatic hydroxyl groups excluding tert-OH is 1. The highest BCUT2D eigenvalue weighted by molar-refractivity contribution is 8.13. The van der Waals surface area contributed by atoms with Crippen molar-refractivity contribution >= 4 is 130 Å². The van der Waals surface area contributed by atoms with Gasteiger partial charge in [0, 0.05) is 45.9 Å². The third-order valence-electron chi connectivity index (χ3n) is 11.9. The maximum atomic E-state index is 11.8. The van der Waals surface area contributed by atoms with Crippen molar-refractivity contribution in [2.24, 2.45) is 43.6 Å². The van der Waals surface area contributed by atoms with Crippen LogP contribution in [0.25, 0.3) is 0 Å². The molecule has 0 atom stereocenters. The molecule has 0 aliphatic carbocycles. The molecule has 2 rings (SSSR count). The summed E-state index contributed by atoms with van der Waals surface area (Å²) in [5.41, 5.74) is 22.8. The Morgan fingerprint density at radius 3 is 1.02 bits per heavy atom. The first-order valence-corrected chi connectivity index (χ1v) is 45.3. The van der Waals surface area contributed by atoms with E-state index in [9.17, 15) is 62.3 Å². The lowest BCUT2D eigenvalue weighted by Gasteiger charge is -2.20. The molecule has 0 unspecified atom stereocenters.